The first-order chi connectivity index (χ1) is 10.2. The lowest BCUT2D eigenvalue weighted by Gasteiger charge is -2.15. The second-order valence-electron chi connectivity index (χ2n) is 4.79. The van der Waals surface area contributed by atoms with Crippen LogP contribution in [0.1, 0.15) is 17.2 Å². The number of halogens is 2. The van der Waals surface area contributed by atoms with E-state index in [4.69, 9.17) is 17.3 Å². The van der Waals surface area contributed by atoms with Gasteiger partial charge in [-0.25, -0.2) is 4.39 Å². The van der Waals surface area contributed by atoms with Gasteiger partial charge in [-0.3, -0.25) is 9.97 Å². The zero-order chi connectivity index (χ0) is 14.8. The lowest BCUT2D eigenvalue weighted by Crippen LogP contribution is -2.14. The Bertz CT molecular complexity index is 786. The molecule has 0 spiro atoms. The molecular weight excluding hydrogens is 289 g/mol. The molecule has 1 unspecified atom stereocenters. The average Bonchev–Trinajstić information content (AvgIpc) is 2.51. The Morgan fingerprint density at radius 2 is 1.86 bits per heavy atom. The van der Waals surface area contributed by atoms with Crippen molar-refractivity contribution >= 4 is 22.6 Å². The van der Waals surface area contributed by atoms with Crippen LogP contribution in [0.2, 0.25) is 5.02 Å². The number of hydrogen-bond donors (Lipinski definition) is 1. The van der Waals surface area contributed by atoms with E-state index in [2.05, 4.69) is 9.97 Å². The Hall–Kier alpha value is -2.04. The summed E-state index contributed by atoms with van der Waals surface area (Å²) in [7, 11) is 0. The van der Waals surface area contributed by atoms with Crippen LogP contribution in [-0.2, 0) is 6.42 Å². The number of para-hydroxylation sites is 1. The van der Waals surface area contributed by atoms with Gasteiger partial charge in [0.25, 0.3) is 0 Å². The summed E-state index contributed by atoms with van der Waals surface area (Å²) in [6, 6.07) is 10.1. The molecule has 3 rings (SSSR count). The second-order valence-corrected chi connectivity index (χ2v) is 5.17. The highest BCUT2D eigenvalue weighted by molar-refractivity contribution is 6.31. The normalized spacial score (nSPS) is 12.5. The zero-order valence-electron chi connectivity index (χ0n) is 11.1. The summed E-state index contributed by atoms with van der Waals surface area (Å²) in [5.74, 6) is -0.431. The van der Waals surface area contributed by atoms with Crippen LogP contribution in [0.25, 0.3) is 11.0 Å². The number of nitrogens with two attached hydrogens (primary N) is 1. The molecule has 1 aromatic heterocycles. The summed E-state index contributed by atoms with van der Waals surface area (Å²) in [6.07, 6.45) is 3.71. The van der Waals surface area contributed by atoms with Gasteiger partial charge in [0, 0.05) is 18.4 Å². The molecule has 0 saturated carbocycles. The van der Waals surface area contributed by atoms with E-state index < -0.39 is 5.82 Å². The molecular formula is C16H13ClFN3. The van der Waals surface area contributed by atoms with Crippen molar-refractivity contribution in [1.82, 2.24) is 9.97 Å². The lowest BCUT2D eigenvalue weighted by molar-refractivity contribution is 0.622. The third-order valence-electron chi connectivity index (χ3n) is 3.40. The van der Waals surface area contributed by atoms with Gasteiger partial charge in [0.2, 0.25) is 0 Å². The minimum atomic E-state index is -0.431. The van der Waals surface area contributed by atoms with Crippen LogP contribution >= 0.6 is 11.6 Å². The molecule has 3 aromatic rings. The largest absolute Gasteiger partial charge is 0.324 e. The van der Waals surface area contributed by atoms with Crippen LogP contribution in [0.15, 0.2) is 48.8 Å². The molecule has 0 bridgehead atoms. The van der Waals surface area contributed by atoms with E-state index in [-0.39, 0.29) is 11.1 Å². The third kappa shape index (κ3) is 2.73. The van der Waals surface area contributed by atoms with E-state index in [1.165, 1.54) is 6.07 Å². The van der Waals surface area contributed by atoms with Crippen LogP contribution in [-0.4, -0.2) is 9.97 Å². The van der Waals surface area contributed by atoms with Gasteiger partial charge in [-0.15, -0.1) is 0 Å². The molecule has 21 heavy (non-hydrogen) atoms. The predicted octanol–water partition coefficient (Wildman–Crippen LogP) is 3.66. The quantitative estimate of drug-likeness (QED) is 0.803. The smallest absolute Gasteiger partial charge is 0.142 e. The highest BCUT2D eigenvalue weighted by Gasteiger charge is 2.15. The molecule has 3 nitrogen and oxygen atoms in total. The molecule has 0 aliphatic carbocycles. The lowest BCUT2D eigenvalue weighted by atomic mass is 9.98. The molecule has 106 valence electrons. The maximum Gasteiger partial charge on any atom is 0.142 e. The van der Waals surface area contributed by atoms with Crippen LogP contribution in [0.4, 0.5) is 4.39 Å². The second kappa shape index (κ2) is 5.76. The fourth-order valence-corrected chi connectivity index (χ4v) is 2.57. The SMILES string of the molecule is NC(Cc1cccc(F)c1Cl)c1cccc2nccnc12. The van der Waals surface area contributed by atoms with Crippen molar-refractivity contribution in [2.24, 2.45) is 5.73 Å². The number of fused-ring (bicyclic) bond motifs is 1. The molecule has 1 heterocycles. The molecule has 0 aliphatic heterocycles. The number of benzene rings is 2. The highest BCUT2D eigenvalue weighted by Crippen LogP contribution is 2.27. The number of rotatable bonds is 3. The van der Waals surface area contributed by atoms with E-state index in [1.807, 2.05) is 18.2 Å². The molecule has 0 radical (unpaired) electrons. The van der Waals surface area contributed by atoms with Gasteiger partial charge in [-0.2, -0.15) is 0 Å². The van der Waals surface area contributed by atoms with Crippen molar-refractivity contribution in [2.75, 3.05) is 0 Å². The number of aromatic nitrogens is 2. The summed E-state index contributed by atoms with van der Waals surface area (Å²) in [5, 5.41) is 0.124. The molecule has 0 saturated heterocycles. The maximum atomic E-state index is 13.5. The fourth-order valence-electron chi connectivity index (χ4n) is 2.37. The van der Waals surface area contributed by atoms with Gasteiger partial charge in [-0.1, -0.05) is 35.9 Å². The maximum absolute atomic E-state index is 13.5. The molecule has 2 N–H and O–H groups in total. The highest BCUT2D eigenvalue weighted by atomic mass is 35.5. The zero-order valence-corrected chi connectivity index (χ0v) is 11.9. The third-order valence-corrected chi connectivity index (χ3v) is 3.82. The monoisotopic (exact) mass is 301 g/mol. The summed E-state index contributed by atoms with van der Waals surface area (Å²) in [6.45, 7) is 0. The first kappa shape index (κ1) is 13.9. The van der Waals surface area contributed by atoms with E-state index in [0.717, 1.165) is 16.6 Å². The van der Waals surface area contributed by atoms with Crippen LogP contribution in [0, 0.1) is 5.82 Å². The first-order valence-corrected chi connectivity index (χ1v) is 6.92. The van der Waals surface area contributed by atoms with Crippen molar-refractivity contribution < 1.29 is 4.39 Å². The summed E-state index contributed by atoms with van der Waals surface area (Å²) < 4.78 is 13.5. The average molecular weight is 302 g/mol. The van der Waals surface area contributed by atoms with Crippen molar-refractivity contribution in [2.45, 2.75) is 12.5 Å². The first-order valence-electron chi connectivity index (χ1n) is 6.55. The molecule has 0 aliphatic rings. The van der Waals surface area contributed by atoms with Crippen molar-refractivity contribution in [3.63, 3.8) is 0 Å². The van der Waals surface area contributed by atoms with E-state index in [0.29, 0.717) is 12.0 Å². The van der Waals surface area contributed by atoms with Crippen LogP contribution in [0.3, 0.4) is 0 Å². The topological polar surface area (TPSA) is 51.8 Å². The van der Waals surface area contributed by atoms with E-state index >= 15 is 0 Å². The minimum Gasteiger partial charge on any atom is -0.324 e. The van der Waals surface area contributed by atoms with Gasteiger partial charge in [0.1, 0.15) is 5.82 Å². The van der Waals surface area contributed by atoms with Crippen LogP contribution in [0.5, 0.6) is 0 Å². The minimum absolute atomic E-state index is 0.124. The fraction of sp³-hybridized carbons (Fsp3) is 0.125. The van der Waals surface area contributed by atoms with Gasteiger partial charge in [0.15, 0.2) is 0 Å². The Morgan fingerprint density at radius 3 is 2.71 bits per heavy atom. The summed E-state index contributed by atoms with van der Waals surface area (Å²) in [4.78, 5) is 8.59. The van der Waals surface area contributed by atoms with Crippen LogP contribution < -0.4 is 5.73 Å². The Labute approximate surface area is 126 Å². The predicted molar refractivity (Wildman–Crippen MR) is 81.6 cm³/mol. The standard InChI is InChI=1S/C16H13ClFN3/c17-15-10(3-1-5-12(15)18)9-13(19)11-4-2-6-14-16(11)21-8-7-20-14/h1-8,13H,9,19H2. The Balaban J connectivity index is 1.97. The van der Waals surface area contributed by atoms with Crippen molar-refractivity contribution in [3.05, 3.63) is 70.8 Å². The Kier molecular flexibility index (Phi) is 3.82. The molecule has 0 amide bonds. The van der Waals surface area contributed by atoms with Gasteiger partial charge in [-0.05, 0) is 29.7 Å². The summed E-state index contributed by atoms with van der Waals surface area (Å²) >= 11 is 5.98. The van der Waals surface area contributed by atoms with Gasteiger partial charge in [0.05, 0.1) is 16.1 Å². The number of hydrogen-bond acceptors (Lipinski definition) is 3. The molecule has 0 fully saturated rings. The van der Waals surface area contributed by atoms with Crippen molar-refractivity contribution in [1.29, 1.82) is 0 Å². The molecule has 5 heteroatoms. The Morgan fingerprint density at radius 1 is 1.10 bits per heavy atom. The van der Waals surface area contributed by atoms with Gasteiger partial charge < -0.3 is 5.73 Å². The number of nitrogens with zero attached hydrogens (tertiary/aromatic N) is 2. The molecule has 2 aromatic carbocycles. The van der Waals surface area contributed by atoms with E-state index in [1.54, 1.807) is 24.5 Å². The van der Waals surface area contributed by atoms with E-state index in [9.17, 15) is 4.39 Å². The summed E-state index contributed by atoms with van der Waals surface area (Å²) in [5.41, 5.74) is 9.38. The van der Waals surface area contributed by atoms with Gasteiger partial charge >= 0.3 is 0 Å². The van der Waals surface area contributed by atoms with Crippen molar-refractivity contribution in [3.8, 4) is 0 Å². The molecule has 1 atom stereocenters.